The number of aryl methyl sites for hydroxylation is 2. The SMILES string of the molecule is Cc1ccc(Sc2nccn3c(=O)n(CC(=O)N4CCc5ccccc54)nc23)c(C)c1. The van der Waals surface area contributed by atoms with Crippen LogP contribution in [0.25, 0.3) is 5.65 Å². The molecular formula is C23H21N5O2S. The van der Waals surface area contributed by atoms with Gasteiger partial charge in [-0.25, -0.2) is 18.9 Å². The van der Waals surface area contributed by atoms with Crippen LogP contribution in [0.15, 0.2) is 69.6 Å². The Morgan fingerprint density at radius 1 is 1.16 bits per heavy atom. The standard InChI is InChI=1S/C23H21N5O2S/c1-15-7-8-19(16(2)13-15)31-22-21-25-28(23(30)27(21)12-10-24-22)14-20(29)26-11-9-17-5-3-4-6-18(17)26/h3-8,10,12-13H,9,11,14H2,1-2H3. The number of fused-ring (bicyclic) bond motifs is 2. The monoisotopic (exact) mass is 431 g/mol. The van der Waals surface area contributed by atoms with Gasteiger partial charge in [-0.1, -0.05) is 47.7 Å². The quantitative estimate of drug-likeness (QED) is 0.496. The first-order valence-electron chi connectivity index (χ1n) is 10.1. The summed E-state index contributed by atoms with van der Waals surface area (Å²) in [6, 6.07) is 14.1. The summed E-state index contributed by atoms with van der Waals surface area (Å²) in [5.74, 6) is -0.146. The summed E-state index contributed by atoms with van der Waals surface area (Å²) >= 11 is 1.47. The van der Waals surface area contributed by atoms with Crippen LogP contribution in [0.3, 0.4) is 0 Å². The lowest BCUT2D eigenvalue weighted by molar-refractivity contribution is -0.119. The smallest absolute Gasteiger partial charge is 0.310 e. The van der Waals surface area contributed by atoms with Crippen LogP contribution in [0.5, 0.6) is 0 Å². The van der Waals surface area contributed by atoms with E-state index in [1.165, 1.54) is 26.4 Å². The van der Waals surface area contributed by atoms with E-state index in [0.717, 1.165) is 28.1 Å². The van der Waals surface area contributed by atoms with E-state index >= 15 is 0 Å². The maximum atomic E-state index is 13.0. The predicted octanol–water partition coefficient (Wildman–Crippen LogP) is 3.25. The van der Waals surface area contributed by atoms with Crippen molar-refractivity contribution in [3.63, 3.8) is 0 Å². The van der Waals surface area contributed by atoms with Gasteiger partial charge >= 0.3 is 5.69 Å². The van der Waals surface area contributed by atoms with Crippen LogP contribution in [-0.4, -0.2) is 31.6 Å². The molecule has 7 nitrogen and oxygen atoms in total. The van der Waals surface area contributed by atoms with Crippen LogP contribution in [0.4, 0.5) is 5.69 Å². The maximum absolute atomic E-state index is 13.0. The summed E-state index contributed by atoms with van der Waals surface area (Å²) in [6.07, 6.45) is 4.00. The van der Waals surface area contributed by atoms with Crippen molar-refractivity contribution in [3.05, 3.63) is 82.0 Å². The van der Waals surface area contributed by atoms with Crippen LogP contribution >= 0.6 is 11.8 Å². The number of aromatic nitrogens is 4. The summed E-state index contributed by atoms with van der Waals surface area (Å²) < 4.78 is 2.68. The van der Waals surface area contributed by atoms with E-state index in [4.69, 9.17) is 0 Å². The first kappa shape index (κ1) is 19.6. The Morgan fingerprint density at radius 3 is 2.84 bits per heavy atom. The molecule has 2 aromatic heterocycles. The Balaban J connectivity index is 1.46. The highest BCUT2D eigenvalue weighted by Crippen LogP contribution is 2.31. The highest BCUT2D eigenvalue weighted by atomic mass is 32.2. The van der Waals surface area contributed by atoms with Crippen LogP contribution in [0.2, 0.25) is 0 Å². The Bertz CT molecular complexity index is 1370. The van der Waals surface area contributed by atoms with Crippen LogP contribution in [-0.2, 0) is 17.8 Å². The number of rotatable bonds is 4. The molecule has 1 aliphatic rings. The van der Waals surface area contributed by atoms with E-state index in [9.17, 15) is 9.59 Å². The molecule has 8 heteroatoms. The molecule has 0 bridgehead atoms. The Kier molecular flexibility index (Phi) is 4.86. The molecule has 156 valence electrons. The van der Waals surface area contributed by atoms with Gasteiger partial charge in [0.2, 0.25) is 5.91 Å². The zero-order valence-electron chi connectivity index (χ0n) is 17.3. The summed E-state index contributed by atoms with van der Waals surface area (Å²) in [4.78, 5) is 33.1. The fourth-order valence-corrected chi connectivity index (χ4v) is 4.84. The first-order valence-corrected chi connectivity index (χ1v) is 10.9. The molecule has 5 rings (SSSR count). The number of carbonyl (C=O) groups is 1. The van der Waals surface area contributed by atoms with Crippen molar-refractivity contribution >= 4 is 29.0 Å². The minimum Gasteiger partial charge on any atom is -0.310 e. The van der Waals surface area contributed by atoms with Gasteiger partial charge in [-0.15, -0.1) is 5.10 Å². The fourth-order valence-electron chi connectivity index (χ4n) is 3.93. The summed E-state index contributed by atoms with van der Waals surface area (Å²) in [5.41, 5.74) is 4.49. The van der Waals surface area contributed by atoms with Gasteiger partial charge < -0.3 is 4.90 Å². The number of benzene rings is 2. The third kappa shape index (κ3) is 3.53. The van der Waals surface area contributed by atoms with Crippen molar-refractivity contribution in [2.75, 3.05) is 11.4 Å². The predicted molar refractivity (Wildman–Crippen MR) is 120 cm³/mol. The molecule has 0 aliphatic carbocycles. The van der Waals surface area contributed by atoms with Gasteiger partial charge in [0, 0.05) is 29.5 Å². The largest absolute Gasteiger partial charge is 0.350 e. The minimum absolute atomic E-state index is 0.109. The molecule has 0 radical (unpaired) electrons. The molecule has 1 amide bonds. The Morgan fingerprint density at radius 2 is 2.00 bits per heavy atom. The van der Waals surface area contributed by atoms with Gasteiger partial charge in [0.15, 0.2) is 5.65 Å². The normalized spacial score (nSPS) is 13.0. The number of hydrogen-bond acceptors (Lipinski definition) is 5. The van der Waals surface area contributed by atoms with Crippen molar-refractivity contribution in [1.29, 1.82) is 0 Å². The third-order valence-electron chi connectivity index (χ3n) is 5.48. The molecule has 0 fully saturated rings. The zero-order valence-corrected chi connectivity index (χ0v) is 18.1. The van der Waals surface area contributed by atoms with Crippen LogP contribution < -0.4 is 10.6 Å². The van der Waals surface area contributed by atoms with E-state index in [-0.39, 0.29) is 18.1 Å². The molecule has 0 N–H and O–H groups in total. The summed E-state index contributed by atoms with van der Waals surface area (Å²) in [7, 11) is 0. The summed E-state index contributed by atoms with van der Waals surface area (Å²) in [6.45, 7) is 4.61. The van der Waals surface area contributed by atoms with E-state index in [2.05, 4.69) is 23.1 Å². The van der Waals surface area contributed by atoms with Crippen molar-refractivity contribution in [2.45, 2.75) is 36.7 Å². The summed E-state index contributed by atoms with van der Waals surface area (Å²) in [5, 5.41) is 5.09. The van der Waals surface area contributed by atoms with Crippen molar-refractivity contribution in [2.24, 2.45) is 0 Å². The van der Waals surface area contributed by atoms with E-state index in [1.807, 2.05) is 43.3 Å². The number of anilines is 1. The molecule has 3 heterocycles. The molecule has 2 aromatic carbocycles. The lowest BCUT2D eigenvalue weighted by Crippen LogP contribution is -2.35. The molecular weight excluding hydrogens is 410 g/mol. The lowest BCUT2D eigenvalue weighted by atomic mass is 10.2. The number of para-hydroxylation sites is 1. The van der Waals surface area contributed by atoms with Crippen molar-refractivity contribution in [3.8, 4) is 0 Å². The molecule has 0 spiro atoms. The lowest BCUT2D eigenvalue weighted by Gasteiger charge is -2.16. The zero-order chi connectivity index (χ0) is 21.5. The first-order chi connectivity index (χ1) is 15.0. The number of nitrogens with zero attached hydrogens (tertiary/aromatic N) is 5. The minimum atomic E-state index is -0.347. The highest BCUT2D eigenvalue weighted by molar-refractivity contribution is 7.99. The van der Waals surface area contributed by atoms with Crippen LogP contribution in [0, 0.1) is 13.8 Å². The second-order valence-corrected chi connectivity index (χ2v) is 8.69. The van der Waals surface area contributed by atoms with Gasteiger partial charge in [-0.3, -0.25) is 4.79 Å². The molecule has 0 saturated carbocycles. The van der Waals surface area contributed by atoms with Gasteiger partial charge in [0.25, 0.3) is 0 Å². The number of hydrogen-bond donors (Lipinski definition) is 0. The van der Waals surface area contributed by atoms with Gasteiger partial charge in [0.05, 0.1) is 0 Å². The van der Waals surface area contributed by atoms with Crippen molar-refractivity contribution < 1.29 is 4.79 Å². The molecule has 1 aliphatic heterocycles. The topological polar surface area (TPSA) is 72.5 Å². The Hall–Kier alpha value is -3.39. The average Bonchev–Trinajstić information content (AvgIpc) is 3.32. The van der Waals surface area contributed by atoms with E-state index < -0.39 is 0 Å². The van der Waals surface area contributed by atoms with E-state index in [0.29, 0.717) is 17.2 Å². The number of amides is 1. The van der Waals surface area contributed by atoms with Gasteiger partial charge in [0.1, 0.15) is 11.6 Å². The third-order valence-corrected chi connectivity index (χ3v) is 6.64. The van der Waals surface area contributed by atoms with Crippen molar-refractivity contribution in [1.82, 2.24) is 19.2 Å². The van der Waals surface area contributed by atoms with Gasteiger partial charge in [-0.2, -0.15) is 0 Å². The van der Waals surface area contributed by atoms with E-state index in [1.54, 1.807) is 17.3 Å². The van der Waals surface area contributed by atoms with Crippen LogP contribution in [0.1, 0.15) is 16.7 Å². The molecule has 0 saturated heterocycles. The Labute approximate surface area is 183 Å². The maximum Gasteiger partial charge on any atom is 0.350 e. The second kappa shape index (κ2) is 7.70. The fraction of sp³-hybridized carbons (Fsp3) is 0.217. The second-order valence-electron chi connectivity index (χ2n) is 7.66. The molecule has 0 unspecified atom stereocenters. The molecule has 0 atom stereocenters. The highest BCUT2D eigenvalue weighted by Gasteiger charge is 2.25. The van der Waals surface area contributed by atoms with Gasteiger partial charge in [-0.05, 0) is 43.5 Å². The average molecular weight is 432 g/mol. The number of carbonyl (C=O) groups excluding carboxylic acids is 1. The molecule has 4 aromatic rings. The molecule has 31 heavy (non-hydrogen) atoms.